The predicted molar refractivity (Wildman–Crippen MR) is 298 cm³/mol. The lowest BCUT2D eigenvalue weighted by Gasteiger charge is -2.22. The molecule has 0 radical (unpaired) electrons. The van der Waals surface area contributed by atoms with Crippen LogP contribution in [-0.4, -0.2) is 64.8 Å². The zero-order valence-electron chi connectivity index (χ0n) is 45.4. The van der Waals surface area contributed by atoms with E-state index in [-0.39, 0.29) is 75.4 Å². The molecule has 10 rings (SSSR count). The van der Waals surface area contributed by atoms with E-state index in [1.807, 2.05) is 89.4 Å². The number of hydrogen-bond donors (Lipinski definition) is 0. The summed E-state index contributed by atoms with van der Waals surface area (Å²) in [5, 5.41) is 38.8. The zero-order chi connectivity index (χ0) is 56.9. The third-order valence-corrected chi connectivity index (χ3v) is 14.5. The fourth-order valence-electron chi connectivity index (χ4n) is 10.7. The summed E-state index contributed by atoms with van der Waals surface area (Å²) < 4.78 is 44.4. The normalized spacial score (nSPS) is 12.2. The SMILES string of the molecule is COc1c2cc([N+](=O)[O-])cc1Cc1cccc(c1OCc1nccn1C)Cc1cc([N+](=O)[O-])cc(c1OC)Cc1cccc(c1OCc1nccn1C)Cc1cc([N+](=O)[O-])cc(c1OC)Cc1cccc(c1OCc1nccn1C)C2. The third-order valence-electron chi connectivity index (χ3n) is 14.5. The Kier molecular flexibility index (Phi) is 15.8. The lowest BCUT2D eigenvalue weighted by Crippen LogP contribution is -2.10. The molecule has 12 bridgehead atoms. The summed E-state index contributed by atoms with van der Waals surface area (Å²) in [4.78, 5) is 50.9. The van der Waals surface area contributed by atoms with Crippen molar-refractivity contribution in [3.63, 3.8) is 0 Å². The summed E-state index contributed by atoms with van der Waals surface area (Å²) in [6.45, 7) is 0.124. The van der Waals surface area contributed by atoms with E-state index in [4.69, 9.17) is 28.4 Å². The van der Waals surface area contributed by atoms with Gasteiger partial charge in [-0.15, -0.1) is 0 Å². The lowest BCUT2D eigenvalue weighted by molar-refractivity contribution is -0.385. The van der Waals surface area contributed by atoms with E-state index in [0.29, 0.717) is 119 Å². The van der Waals surface area contributed by atoms with Gasteiger partial charge in [-0.05, 0) is 33.4 Å². The smallest absolute Gasteiger partial charge is 0.270 e. The summed E-state index contributed by atoms with van der Waals surface area (Å²) in [7, 11) is 10.1. The second kappa shape index (κ2) is 23.5. The average molecular weight is 1100 g/mol. The van der Waals surface area contributed by atoms with E-state index in [1.165, 1.54) is 57.7 Å². The molecule has 414 valence electrons. The van der Waals surface area contributed by atoms with Gasteiger partial charge >= 0.3 is 0 Å². The monoisotopic (exact) mass is 1100 g/mol. The molecule has 3 aromatic heterocycles. The van der Waals surface area contributed by atoms with E-state index >= 15 is 0 Å². The van der Waals surface area contributed by atoms with Gasteiger partial charge in [-0.25, -0.2) is 15.0 Å². The molecule has 9 aromatic rings. The number of rotatable bonds is 15. The first-order chi connectivity index (χ1) is 39.2. The Hall–Kier alpha value is -10.1. The molecule has 21 nitrogen and oxygen atoms in total. The summed E-state index contributed by atoms with van der Waals surface area (Å²) in [6, 6.07) is 25.7. The van der Waals surface area contributed by atoms with Crippen molar-refractivity contribution in [3.05, 3.63) is 243 Å². The number of aromatic nitrogens is 6. The number of benzene rings is 6. The number of nitro groups is 3. The second-order valence-corrected chi connectivity index (χ2v) is 19.7. The molecule has 6 aromatic carbocycles. The van der Waals surface area contributed by atoms with Crippen LogP contribution in [0.2, 0.25) is 0 Å². The van der Waals surface area contributed by atoms with Crippen molar-refractivity contribution in [2.45, 2.75) is 58.3 Å². The predicted octanol–water partition coefficient (Wildman–Crippen LogP) is 10.2. The van der Waals surface area contributed by atoms with Crippen molar-refractivity contribution in [1.29, 1.82) is 0 Å². The number of nitrogens with zero attached hydrogens (tertiary/aromatic N) is 9. The van der Waals surface area contributed by atoms with Crippen molar-refractivity contribution in [3.8, 4) is 34.5 Å². The maximum absolute atomic E-state index is 12.9. The molecule has 1 aliphatic rings. The number of ether oxygens (including phenoxy) is 6. The van der Waals surface area contributed by atoms with Crippen LogP contribution in [-0.2, 0) is 79.5 Å². The van der Waals surface area contributed by atoms with Crippen molar-refractivity contribution < 1.29 is 43.2 Å². The molecule has 1 aliphatic carbocycles. The number of methoxy groups -OCH3 is 3. The van der Waals surface area contributed by atoms with Gasteiger partial charge in [-0.2, -0.15) is 0 Å². The second-order valence-electron chi connectivity index (χ2n) is 19.7. The van der Waals surface area contributed by atoms with E-state index in [9.17, 15) is 30.3 Å². The number of aryl methyl sites for hydroxylation is 3. The van der Waals surface area contributed by atoms with E-state index in [2.05, 4.69) is 15.0 Å². The minimum absolute atomic E-state index is 0.0414. The first-order valence-electron chi connectivity index (χ1n) is 25.8. The molecule has 0 aliphatic heterocycles. The number of nitro benzene ring substituents is 3. The molecule has 0 N–H and O–H groups in total. The highest BCUT2D eigenvalue weighted by molar-refractivity contribution is 5.61. The minimum atomic E-state index is -0.449. The van der Waals surface area contributed by atoms with Crippen LogP contribution >= 0.6 is 0 Å². The van der Waals surface area contributed by atoms with Crippen molar-refractivity contribution in [2.24, 2.45) is 21.1 Å². The third kappa shape index (κ3) is 11.6. The maximum atomic E-state index is 12.9. The molecule has 0 spiro atoms. The minimum Gasteiger partial charge on any atom is -0.496 e. The molecule has 0 saturated carbocycles. The highest BCUT2D eigenvalue weighted by atomic mass is 16.6. The summed E-state index contributed by atoms with van der Waals surface area (Å²) >= 11 is 0. The van der Waals surface area contributed by atoms with Crippen molar-refractivity contribution >= 4 is 17.1 Å². The van der Waals surface area contributed by atoms with Crippen LogP contribution < -0.4 is 28.4 Å². The first kappa shape index (κ1) is 54.3. The van der Waals surface area contributed by atoms with Gasteiger partial charge in [0.2, 0.25) is 0 Å². The Labute approximate surface area is 465 Å². The molecule has 0 saturated heterocycles. The fourth-order valence-corrected chi connectivity index (χ4v) is 10.7. The Morgan fingerprint density at radius 1 is 0.383 bits per heavy atom. The Balaban J connectivity index is 1.22. The summed E-state index contributed by atoms with van der Waals surface area (Å²) in [5.74, 6) is 4.34. The summed E-state index contributed by atoms with van der Waals surface area (Å²) in [5.41, 5.74) is 6.19. The quantitative estimate of drug-likeness (QED) is 0.0685. The van der Waals surface area contributed by atoms with Gasteiger partial charge in [0, 0.05) is 167 Å². The van der Waals surface area contributed by atoms with Gasteiger partial charge < -0.3 is 42.1 Å². The lowest BCUT2D eigenvalue weighted by atomic mass is 9.91. The van der Waals surface area contributed by atoms with Gasteiger partial charge in [0.05, 0.1) is 36.1 Å². The Morgan fingerprint density at radius 3 is 0.778 bits per heavy atom. The van der Waals surface area contributed by atoms with Gasteiger partial charge in [0.1, 0.15) is 71.8 Å². The molecule has 21 heteroatoms. The van der Waals surface area contributed by atoms with Crippen molar-refractivity contribution in [1.82, 2.24) is 28.7 Å². The van der Waals surface area contributed by atoms with Crippen LogP contribution in [0.15, 0.2) is 128 Å². The van der Waals surface area contributed by atoms with Gasteiger partial charge in [0.25, 0.3) is 17.1 Å². The van der Waals surface area contributed by atoms with Crippen LogP contribution in [0, 0.1) is 30.3 Å². The molecule has 0 unspecified atom stereocenters. The van der Waals surface area contributed by atoms with Gasteiger partial charge in [-0.3, -0.25) is 30.3 Å². The molecule has 81 heavy (non-hydrogen) atoms. The Morgan fingerprint density at radius 2 is 0.605 bits per heavy atom. The van der Waals surface area contributed by atoms with Crippen LogP contribution in [0.1, 0.15) is 84.2 Å². The molecule has 0 amide bonds. The van der Waals surface area contributed by atoms with Crippen LogP contribution in [0.25, 0.3) is 0 Å². The number of fused-ring (bicyclic) bond motifs is 12. The summed E-state index contributed by atoms with van der Waals surface area (Å²) in [6.07, 6.45) is 11.0. The maximum Gasteiger partial charge on any atom is 0.270 e. The largest absolute Gasteiger partial charge is 0.496 e. The standard InChI is InChI=1S/C60H57N9O12/c1-64-19-16-61-52(64)34-79-58-37-10-7-11-38(58)23-44-29-50(68(72)73)31-46(56(44)77-5)25-40-13-9-15-42(60(40)81-36-54-63-18-21-66(54)3)27-48-33-51(69(74)75)32-47(57(48)78-6)26-41-14-8-12-39(59(41)80-35-53-62-17-20-65(53)2)24-45-30-49(67(70)71)28-43(22-37)55(45)76-4/h7-21,28-33H,22-27,34-36H2,1-6H3. The first-order valence-corrected chi connectivity index (χ1v) is 25.8. The van der Waals surface area contributed by atoms with E-state index in [0.717, 1.165) is 0 Å². The molecule has 3 heterocycles. The van der Waals surface area contributed by atoms with E-state index < -0.39 is 14.8 Å². The van der Waals surface area contributed by atoms with Crippen LogP contribution in [0.5, 0.6) is 34.5 Å². The molecular formula is C60H57N9O12. The van der Waals surface area contributed by atoms with Crippen LogP contribution in [0.4, 0.5) is 17.1 Å². The highest BCUT2D eigenvalue weighted by Crippen LogP contribution is 2.43. The van der Waals surface area contributed by atoms with E-state index in [1.54, 1.807) is 37.2 Å². The van der Waals surface area contributed by atoms with Gasteiger partial charge in [-0.1, -0.05) is 54.6 Å². The topological polar surface area (TPSA) is 238 Å². The number of hydrogen-bond acceptors (Lipinski definition) is 15. The zero-order valence-corrected chi connectivity index (χ0v) is 45.4. The number of non-ortho nitro benzene ring substituents is 3. The fraction of sp³-hybridized carbons (Fsp3) is 0.250. The number of para-hydroxylation sites is 3. The molecular weight excluding hydrogens is 1040 g/mol. The average Bonchev–Trinajstić information content (AvgIpc) is 4.27. The number of imidazole rings is 3. The van der Waals surface area contributed by atoms with Crippen molar-refractivity contribution in [2.75, 3.05) is 21.3 Å². The molecule has 0 atom stereocenters. The Bertz CT molecular complexity index is 3330. The highest BCUT2D eigenvalue weighted by Gasteiger charge is 2.28. The van der Waals surface area contributed by atoms with Gasteiger partial charge in [0.15, 0.2) is 0 Å². The van der Waals surface area contributed by atoms with Crippen LogP contribution in [0.3, 0.4) is 0 Å². The molecule has 0 fully saturated rings.